The number of benzene rings is 2. The van der Waals surface area contributed by atoms with Crippen molar-refractivity contribution in [1.82, 2.24) is 0 Å². The van der Waals surface area contributed by atoms with Crippen LogP contribution in [0.15, 0.2) is 46.9 Å². The van der Waals surface area contributed by atoms with Crippen molar-refractivity contribution >= 4 is 39.2 Å². The van der Waals surface area contributed by atoms with Crippen LogP contribution >= 0.6 is 15.9 Å². The summed E-state index contributed by atoms with van der Waals surface area (Å²) >= 11 is 3.29. The zero-order chi connectivity index (χ0) is 17.3. The normalized spacial score (nSPS) is 14.2. The molecule has 0 saturated heterocycles. The van der Waals surface area contributed by atoms with Gasteiger partial charge in [-0.05, 0) is 43.2 Å². The van der Waals surface area contributed by atoms with Gasteiger partial charge in [0.2, 0.25) is 0 Å². The molecule has 1 aliphatic heterocycles. The average Bonchev–Trinajstić information content (AvgIpc) is 3.00. The maximum atomic E-state index is 12.6. The molecule has 6 heteroatoms. The number of nitrogens with two attached hydrogens (primary N) is 1. The Morgan fingerprint density at radius 2 is 2.00 bits per heavy atom. The highest BCUT2D eigenvalue weighted by molar-refractivity contribution is 9.10. The van der Waals surface area contributed by atoms with Gasteiger partial charge in [-0.3, -0.25) is 4.79 Å². The maximum Gasteiger partial charge on any atom is 0.341 e. The van der Waals surface area contributed by atoms with E-state index in [4.69, 9.17) is 10.5 Å². The average molecular weight is 389 g/mol. The summed E-state index contributed by atoms with van der Waals surface area (Å²) in [5.41, 5.74) is 8.37. The Balaban J connectivity index is 1.73. The number of halogens is 1. The lowest BCUT2D eigenvalue weighted by Crippen LogP contribution is -2.39. The summed E-state index contributed by atoms with van der Waals surface area (Å²) in [6.07, 6.45) is -0.0803. The van der Waals surface area contributed by atoms with E-state index < -0.39 is 12.1 Å². The molecule has 0 unspecified atom stereocenters. The fourth-order valence-corrected chi connectivity index (χ4v) is 3.13. The summed E-state index contributed by atoms with van der Waals surface area (Å²) in [5.74, 6) is -0.844. The molecule has 1 atom stereocenters. The molecule has 2 aromatic carbocycles. The van der Waals surface area contributed by atoms with Gasteiger partial charge in [-0.1, -0.05) is 34.1 Å². The third-order valence-electron chi connectivity index (χ3n) is 4.02. The standard InChI is InChI=1S/C18H17BrN2O3/c1-11(24-18(23)14-10-13(19)6-7-15(14)20)17(22)21-9-8-12-4-2-3-5-16(12)21/h2-7,10-11H,8-9,20H2,1H3/t11-/m1/s1. The molecule has 0 aliphatic carbocycles. The Kier molecular flexibility index (Phi) is 4.57. The molecule has 24 heavy (non-hydrogen) atoms. The molecule has 0 bridgehead atoms. The molecular formula is C18H17BrN2O3. The lowest BCUT2D eigenvalue weighted by molar-refractivity contribution is -0.126. The van der Waals surface area contributed by atoms with Crippen LogP contribution in [0.5, 0.6) is 0 Å². The summed E-state index contributed by atoms with van der Waals surface area (Å²) in [5, 5.41) is 0. The number of fused-ring (bicyclic) bond motifs is 1. The number of rotatable bonds is 3. The van der Waals surface area contributed by atoms with E-state index in [0.717, 1.165) is 22.1 Å². The second-order valence-corrected chi connectivity index (χ2v) is 6.56. The van der Waals surface area contributed by atoms with Gasteiger partial charge in [0, 0.05) is 22.4 Å². The highest BCUT2D eigenvalue weighted by Crippen LogP contribution is 2.28. The first-order chi connectivity index (χ1) is 11.5. The fourth-order valence-electron chi connectivity index (χ4n) is 2.77. The van der Waals surface area contributed by atoms with Crippen LogP contribution in [0.2, 0.25) is 0 Å². The van der Waals surface area contributed by atoms with Crippen molar-refractivity contribution in [2.24, 2.45) is 0 Å². The molecule has 5 nitrogen and oxygen atoms in total. The minimum absolute atomic E-state index is 0.234. The molecule has 1 aliphatic rings. The van der Waals surface area contributed by atoms with Crippen molar-refractivity contribution in [3.63, 3.8) is 0 Å². The Morgan fingerprint density at radius 1 is 1.25 bits per heavy atom. The van der Waals surface area contributed by atoms with E-state index in [1.54, 1.807) is 30.0 Å². The predicted molar refractivity (Wildman–Crippen MR) is 95.9 cm³/mol. The van der Waals surface area contributed by atoms with E-state index in [1.807, 2.05) is 24.3 Å². The zero-order valence-electron chi connectivity index (χ0n) is 13.2. The Bertz CT molecular complexity index is 807. The van der Waals surface area contributed by atoms with Crippen LogP contribution in [0.25, 0.3) is 0 Å². The molecule has 0 fully saturated rings. The van der Waals surface area contributed by atoms with Crippen molar-refractivity contribution in [2.75, 3.05) is 17.2 Å². The van der Waals surface area contributed by atoms with Gasteiger partial charge in [0.25, 0.3) is 5.91 Å². The first-order valence-corrected chi connectivity index (χ1v) is 8.42. The lowest BCUT2D eigenvalue weighted by Gasteiger charge is -2.22. The van der Waals surface area contributed by atoms with Gasteiger partial charge in [-0.15, -0.1) is 0 Å². The monoisotopic (exact) mass is 388 g/mol. The Labute approximate surface area is 148 Å². The van der Waals surface area contributed by atoms with E-state index in [1.165, 1.54) is 0 Å². The molecule has 2 N–H and O–H groups in total. The van der Waals surface area contributed by atoms with Crippen LogP contribution in [0.4, 0.5) is 11.4 Å². The first kappa shape index (κ1) is 16.5. The van der Waals surface area contributed by atoms with Crippen LogP contribution in [-0.2, 0) is 16.0 Å². The van der Waals surface area contributed by atoms with Crippen molar-refractivity contribution in [2.45, 2.75) is 19.4 Å². The molecular weight excluding hydrogens is 372 g/mol. The highest BCUT2D eigenvalue weighted by atomic mass is 79.9. The number of esters is 1. The van der Waals surface area contributed by atoms with Gasteiger partial charge in [0.1, 0.15) is 0 Å². The Hall–Kier alpha value is -2.34. The second-order valence-electron chi connectivity index (χ2n) is 5.65. The van der Waals surface area contributed by atoms with Crippen LogP contribution in [0, 0.1) is 0 Å². The molecule has 1 heterocycles. The van der Waals surface area contributed by atoms with Gasteiger partial charge >= 0.3 is 5.97 Å². The minimum atomic E-state index is -0.887. The van der Waals surface area contributed by atoms with Crippen LogP contribution in [0.3, 0.4) is 0 Å². The number of amides is 1. The minimum Gasteiger partial charge on any atom is -0.449 e. The summed E-state index contributed by atoms with van der Waals surface area (Å²) in [6, 6.07) is 12.7. The molecule has 0 saturated carbocycles. The molecule has 3 rings (SSSR count). The third-order valence-corrected chi connectivity index (χ3v) is 4.51. The van der Waals surface area contributed by atoms with Gasteiger partial charge in [0.05, 0.1) is 5.56 Å². The summed E-state index contributed by atoms with van der Waals surface area (Å²) in [6.45, 7) is 2.18. The molecule has 2 aromatic rings. The number of anilines is 2. The van der Waals surface area contributed by atoms with E-state index in [2.05, 4.69) is 15.9 Å². The predicted octanol–water partition coefficient (Wildman–Crippen LogP) is 3.17. The number of hydrogen-bond donors (Lipinski definition) is 1. The zero-order valence-corrected chi connectivity index (χ0v) is 14.7. The van der Waals surface area contributed by atoms with Gasteiger partial charge in [-0.25, -0.2) is 4.79 Å². The lowest BCUT2D eigenvalue weighted by atomic mass is 10.2. The van der Waals surface area contributed by atoms with E-state index in [0.29, 0.717) is 12.2 Å². The number of carbonyl (C=O) groups is 2. The summed E-state index contributed by atoms with van der Waals surface area (Å²) in [7, 11) is 0. The molecule has 0 aromatic heterocycles. The molecule has 0 spiro atoms. The van der Waals surface area contributed by atoms with Crippen LogP contribution in [0.1, 0.15) is 22.8 Å². The summed E-state index contributed by atoms with van der Waals surface area (Å²) < 4.78 is 6.05. The second kappa shape index (κ2) is 6.65. The van der Waals surface area contributed by atoms with Gasteiger partial charge < -0.3 is 15.4 Å². The first-order valence-electron chi connectivity index (χ1n) is 7.62. The molecule has 124 valence electrons. The number of nitrogen functional groups attached to an aromatic ring is 1. The van der Waals surface area contributed by atoms with Crippen molar-refractivity contribution in [1.29, 1.82) is 0 Å². The van der Waals surface area contributed by atoms with Crippen LogP contribution in [-0.4, -0.2) is 24.5 Å². The molecule has 0 radical (unpaired) electrons. The van der Waals surface area contributed by atoms with Crippen LogP contribution < -0.4 is 10.6 Å². The highest BCUT2D eigenvalue weighted by Gasteiger charge is 2.30. The molecule has 1 amide bonds. The van der Waals surface area contributed by atoms with E-state index in [-0.39, 0.29) is 11.5 Å². The summed E-state index contributed by atoms with van der Waals surface area (Å²) in [4.78, 5) is 26.6. The van der Waals surface area contributed by atoms with Gasteiger partial charge in [-0.2, -0.15) is 0 Å². The van der Waals surface area contributed by atoms with E-state index in [9.17, 15) is 9.59 Å². The smallest absolute Gasteiger partial charge is 0.341 e. The topological polar surface area (TPSA) is 72.6 Å². The quantitative estimate of drug-likeness (QED) is 0.647. The largest absolute Gasteiger partial charge is 0.449 e. The van der Waals surface area contributed by atoms with Crippen molar-refractivity contribution < 1.29 is 14.3 Å². The Morgan fingerprint density at radius 3 is 2.79 bits per heavy atom. The van der Waals surface area contributed by atoms with E-state index >= 15 is 0 Å². The maximum absolute atomic E-state index is 12.6. The van der Waals surface area contributed by atoms with Gasteiger partial charge in [0.15, 0.2) is 6.10 Å². The SMILES string of the molecule is C[C@@H](OC(=O)c1cc(Br)ccc1N)C(=O)N1CCc2ccccc21. The van der Waals surface area contributed by atoms with Crippen molar-refractivity contribution in [3.05, 3.63) is 58.1 Å². The number of carbonyl (C=O) groups excluding carboxylic acids is 2. The van der Waals surface area contributed by atoms with Crippen molar-refractivity contribution in [3.8, 4) is 0 Å². The fraction of sp³-hybridized carbons (Fsp3) is 0.222. The number of hydrogen-bond acceptors (Lipinski definition) is 4. The number of para-hydroxylation sites is 1. The number of nitrogens with zero attached hydrogens (tertiary/aromatic N) is 1. The third kappa shape index (κ3) is 3.14. The number of ether oxygens (including phenoxy) is 1.